The minimum atomic E-state index is -0.454. The molecule has 2 aromatic rings. The van der Waals surface area contributed by atoms with E-state index in [-0.39, 0.29) is 11.6 Å². The third kappa shape index (κ3) is 3.46. The number of nitrogens with zero attached hydrogens (tertiary/aromatic N) is 1. The maximum atomic E-state index is 12.1. The summed E-state index contributed by atoms with van der Waals surface area (Å²) in [5, 5.41) is 13.7. The first-order chi connectivity index (χ1) is 9.88. The number of nitrogens with one attached hydrogen (secondary N) is 1. The average molecular weight is 349 g/mol. The zero-order valence-electron chi connectivity index (χ0n) is 11.5. The monoisotopic (exact) mass is 348 g/mol. The molecule has 108 valence electrons. The molecule has 0 saturated carbocycles. The molecule has 2 rings (SSSR count). The zero-order valence-corrected chi connectivity index (χ0v) is 13.1. The summed E-state index contributed by atoms with van der Waals surface area (Å²) in [4.78, 5) is 22.7. The Morgan fingerprint density at radius 2 is 1.76 bits per heavy atom. The van der Waals surface area contributed by atoms with Gasteiger partial charge in [-0.3, -0.25) is 14.9 Å². The number of benzene rings is 2. The van der Waals surface area contributed by atoms with Crippen LogP contribution < -0.4 is 5.32 Å². The zero-order chi connectivity index (χ0) is 15.6. The highest BCUT2D eigenvalue weighted by atomic mass is 79.9. The molecule has 1 N–H and O–H groups in total. The molecule has 0 aliphatic heterocycles. The van der Waals surface area contributed by atoms with Crippen molar-refractivity contribution in [2.24, 2.45) is 0 Å². The number of halogens is 1. The molecule has 0 saturated heterocycles. The molecule has 0 heterocycles. The van der Waals surface area contributed by atoms with Gasteiger partial charge in [-0.2, -0.15) is 0 Å². The Kier molecular flexibility index (Phi) is 4.37. The molecular formula is C15H13BrN2O3. The van der Waals surface area contributed by atoms with Gasteiger partial charge in [-0.15, -0.1) is 0 Å². The second-order valence-electron chi connectivity index (χ2n) is 4.67. The van der Waals surface area contributed by atoms with Crippen LogP contribution in [-0.4, -0.2) is 10.8 Å². The third-order valence-corrected chi connectivity index (χ3v) is 3.62. The van der Waals surface area contributed by atoms with Gasteiger partial charge in [0.25, 0.3) is 11.6 Å². The molecule has 0 bridgehead atoms. The fourth-order valence-corrected chi connectivity index (χ4v) is 2.23. The van der Waals surface area contributed by atoms with Crippen molar-refractivity contribution in [2.75, 3.05) is 5.32 Å². The highest BCUT2D eigenvalue weighted by molar-refractivity contribution is 9.10. The van der Waals surface area contributed by atoms with Gasteiger partial charge in [-0.25, -0.2) is 0 Å². The molecule has 1 amide bonds. The van der Waals surface area contributed by atoms with Crippen LogP contribution in [0.2, 0.25) is 0 Å². The molecule has 0 radical (unpaired) electrons. The first-order valence-electron chi connectivity index (χ1n) is 6.21. The summed E-state index contributed by atoms with van der Waals surface area (Å²) in [6, 6.07) is 9.96. The molecular weight excluding hydrogens is 336 g/mol. The van der Waals surface area contributed by atoms with E-state index >= 15 is 0 Å². The van der Waals surface area contributed by atoms with Gasteiger partial charge in [-0.05, 0) is 49.7 Å². The van der Waals surface area contributed by atoms with Crippen molar-refractivity contribution >= 4 is 33.2 Å². The fourth-order valence-electron chi connectivity index (χ4n) is 1.97. The van der Waals surface area contributed by atoms with E-state index in [1.54, 1.807) is 44.2 Å². The molecule has 0 fully saturated rings. The van der Waals surface area contributed by atoms with Gasteiger partial charge >= 0.3 is 0 Å². The topological polar surface area (TPSA) is 72.2 Å². The van der Waals surface area contributed by atoms with Crippen molar-refractivity contribution in [1.29, 1.82) is 0 Å². The predicted molar refractivity (Wildman–Crippen MR) is 84.7 cm³/mol. The van der Waals surface area contributed by atoms with Gasteiger partial charge in [0.05, 0.1) is 10.6 Å². The summed E-state index contributed by atoms with van der Waals surface area (Å²) in [5.74, 6) is -0.302. The normalized spacial score (nSPS) is 10.2. The number of hydrogen-bond donors (Lipinski definition) is 1. The van der Waals surface area contributed by atoms with Gasteiger partial charge < -0.3 is 5.32 Å². The number of anilines is 1. The number of hydrogen-bond acceptors (Lipinski definition) is 3. The average Bonchev–Trinajstić information content (AvgIpc) is 2.42. The van der Waals surface area contributed by atoms with Crippen molar-refractivity contribution in [2.45, 2.75) is 13.8 Å². The minimum absolute atomic E-state index is 0.00768. The van der Waals surface area contributed by atoms with Crippen LogP contribution in [-0.2, 0) is 0 Å². The first-order valence-corrected chi connectivity index (χ1v) is 7.00. The lowest BCUT2D eigenvalue weighted by atomic mass is 10.1. The molecule has 6 heteroatoms. The lowest BCUT2D eigenvalue weighted by Crippen LogP contribution is -2.13. The van der Waals surface area contributed by atoms with Crippen LogP contribution in [0.3, 0.4) is 0 Å². The molecule has 5 nitrogen and oxygen atoms in total. The Morgan fingerprint density at radius 1 is 1.14 bits per heavy atom. The number of rotatable bonds is 3. The SMILES string of the molecule is Cc1cc(C)c([N+](=O)[O-])cc1NC(=O)c1ccc(Br)cc1. The van der Waals surface area contributed by atoms with Crippen LogP contribution in [0.4, 0.5) is 11.4 Å². The van der Waals surface area contributed by atoms with Gasteiger partial charge in [0.2, 0.25) is 0 Å². The van der Waals surface area contributed by atoms with E-state index in [0.29, 0.717) is 16.8 Å². The van der Waals surface area contributed by atoms with E-state index in [9.17, 15) is 14.9 Å². The van der Waals surface area contributed by atoms with Crippen molar-refractivity contribution < 1.29 is 9.72 Å². The Labute approximate surface area is 130 Å². The van der Waals surface area contributed by atoms with E-state index in [4.69, 9.17) is 0 Å². The van der Waals surface area contributed by atoms with E-state index in [1.807, 2.05) is 0 Å². The number of nitro groups is 1. The molecule has 21 heavy (non-hydrogen) atoms. The molecule has 0 spiro atoms. The molecule has 0 unspecified atom stereocenters. The predicted octanol–water partition coefficient (Wildman–Crippen LogP) is 4.23. The van der Waals surface area contributed by atoms with E-state index in [2.05, 4.69) is 21.2 Å². The van der Waals surface area contributed by atoms with E-state index in [1.165, 1.54) is 6.07 Å². The maximum absolute atomic E-state index is 12.1. The van der Waals surface area contributed by atoms with Crippen molar-refractivity contribution in [3.8, 4) is 0 Å². The third-order valence-electron chi connectivity index (χ3n) is 3.09. The van der Waals surface area contributed by atoms with Crippen LogP contribution in [0.5, 0.6) is 0 Å². The van der Waals surface area contributed by atoms with Crippen molar-refractivity contribution in [3.63, 3.8) is 0 Å². The lowest BCUT2D eigenvalue weighted by molar-refractivity contribution is -0.385. The van der Waals surface area contributed by atoms with Gasteiger partial charge in [0.1, 0.15) is 0 Å². The van der Waals surface area contributed by atoms with Crippen LogP contribution in [0.25, 0.3) is 0 Å². The lowest BCUT2D eigenvalue weighted by Gasteiger charge is -2.10. The Balaban J connectivity index is 2.30. The van der Waals surface area contributed by atoms with Gasteiger partial charge in [0, 0.05) is 21.7 Å². The highest BCUT2D eigenvalue weighted by Crippen LogP contribution is 2.26. The van der Waals surface area contributed by atoms with E-state index in [0.717, 1.165) is 10.0 Å². The number of amides is 1. The number of aryl methyl sites for hydroxylation is 2. The molecule has 2 aromatic carbocycles. The summed E-state index contributed by atoms with van der Waals surface area (Å²) >= 11 is 3.30. The quantitative estimate of drug-likeness (QED) is 0.666. The smallest absolute Gasteiger partial charge is 0.274 e. The maximum Gasteiger partial charge on any atom is 0.274 e. The molecule has 0 aliphatic rings. The number of carbonyl (C=O) groups is 1. The standard InChI is InChI=1S/C15H13BrN2O3/c1-9-7-10(2)14(18(20)21)8-13(9)17-15(19)11-3-5-12(16)6-4-11/h3-8H,1-2H3,(H,17,19). The van der Waals surface area contributed by atoms with E-state index < -0.39 is 4.92 Å². The first kappa shape index (κ1) is 15.2. The second-order valence-corrected chi connectivity index (χ2v) is 5.59. The van der Waals surface area contributed by atoms with Crippen LogP contribution in [0, 0.1) is 24.0 Å². The number of nitro benzene ring substituents is 1. The highest BCUT2D eigenvalue weighted by Gasteiger charge is 2.15. The molecule has 0 aliphatic carbocycles. The number of carbonyl (C=O) groups excluding carboxylic acids is 1. The minimum Gasteiger partial charge on any atom is -0.321 e. The Bertz CT molecular complexity index is 712. The largest absolute Gasteiger partial charge is 0.321 e. The summed E-state index contributed by atoms with van der Waals surface area (Å²) in [7, 11) is 0. The fraction of sp³-hybridized carbons (Fsp3) is 0.133. The Hall–Kier alpha value is -2.21. The molecule has 0 aromatic heterocycles. The second kappa shape index (κ2) is 6.05. The summed E-state index contributed by atoms with van der Waals surface area (Å²) in [6.07, 6.45) is 0. The Morgan fingerprint density at radius 3 is 2.33 bits per heavy atom. The summed E-state index contributed by atoms with van der Waals surface area (Å²) < 4.78 is 0.876. The van der Waals surface area contributed by atoms with Crippen LogP contribution in [0.15, 0.2) is 40.9 Å². The van der Waals surface area contributed by atoms with Gasteiger partial charge in [-0.1, -0.05) is 15.9 Å². The van der Waals surface area contributed by atoms with Crippen molar-refractivity contribution in [1.82, 2.24) is 0 Å². The summed E-state index contributed by atoms with van der Waals surface area (Å²) in [5.41, 5.74) is 2.27. The summed E-state index contributed by atoms with van der Waals surface area (Å²) in [6.45, 7) is 3.47. The van der Waals surface area contributed by atoms with Crippen LogP contribution in [0.1, 0.15) is 21.5 Å². The van der Waals surface area contributed by atoms with Crippen LogP contribution >= 0.6 is 15.9 Å². The van der Waals surface area contributed by atoms with Gasteiger partial charge in [0.15, 0.2) is 0 Å². The molecule has 0 atom stereocenters. The van der Waals surface area contributed by atoms with Crippen molar-refractivity contribution in [3.05, 3.63) is 67.7 Å².